The second-order valence-corrected chi connectivity index (χ2v) is 11.2. The van der Waals surface area contributed by atoms with Crippen LogP contribution in [0.2, 0.25) is 0 Å². The minimum Gasteiger partial charge on any atom is -0.390 e. The van der Waals surface area contributed by atoms with Gasteiger partial charge in [-0.25, -0.2) is 0 Å². The average molecular weight is 410 g/mol. The summed E-state index contributed by atoms with van der Waals surface area (Å²) >= 11 is 0. The van der Waals surface area contributed by atoms with E-state index < -0.39 is 12.2 Å². The second-order valence-electron chi connectivity index (χ2n) is 11.2. The standard InChI is InChI=1S/C27H39NO2/c1-4-26(2)14-13-19-20(26)10-11-21-23(19)25(30)24(29)22-16-18(12-15-27(21,22)3)28-17-8-6-5-7-9-17/h5-9,18,21-25,28-30H,4,10-16H2,1-3H3. The number of aliphatic hydroxyl groups excluding tert-OH is 2. The molecule has 8 atom stereocenters. The number of allylic oxidation sites excluding steroid dienone is 1. The first-order valence-corrected chi connectivity index (χ1v) is 12.3. The molecular formula is C27H39NO2. The summed E-state index contributed by atoms with van der Waals surface area (Å²) in [6.07, 6.45) is 7.95. The fourth-order valence-corrected chi connectivity index (χ4v) is 7.93. The molecule has 0 spiro atoms. The number of para-hydroxylation sites is 1. The van der Waals surface area contributed by atoms with E-state index in [0.717, 1.165) is 31.4 Å². The summed E-state index contributed by atoms with van der Waals surface area (Å²) < 4.78 is 0. The summed E-state index contributed by atoms with van der Waals surface area (Å²) in [7, 11) is 0. The van der Waals surface area contributed by atoms with Gasteiger partial charge in [0.15, 0.2) is 0 Å². The molecule has 3 nitrogen and oxygen atoms in total. The molecule has 0 radical (unpaired) electrons. The zero-order chi connectivity index (χ0) is 21.1. The molecule has 0 heterocycles. The van der Waals surface area contributed by atoms with E-state index in [1.807, 2.05) is 6.07 Å². The van der Waals surface area contributed by atoms with Crippen LogP contribution in [-0.2, 0) is 0 Å². The summed E-state index contributed by atoms with van der Waals surface area (Å²) in [5.74, 6) is 0.860. The van der Waals surface area contributed by atoms with Crippen molar-refractivity contribution in [1.29, 1.82) is 0 Å². The van der Waals surface area contributed by atoms with Gasteiger partial charge in [-0.2, -0.15) is 0 Å². The summed E-state index contributed by atoms with van der Waals surface area (Å²) in [6, 6.07) is 10.8. The monoisotopic (exact) mass is 409 g/mol. The van der Waals surface area contributed by atoms with Crippen molar-refractivity contribution >= 4 is 5.69 Å². The highest BCUT2D eigenvalue weighted by Crippen LogP contribution is 2.64. The van der Waals surface area contributed by atoms with E-state index in [1.54, 1.807) is 5.57 Å². The van der Waals surface area contributed by atoms with Crippen molar-refractivity contribution in [3.8, 4) is 0 Å². The largest absolute Gasteiger partial charge is 0.390 e. The number of anilines is 1. The van der Waals surface area contributed by atoms with E-state index in [-0.39, 0.29) is 17.3 Å². The molecule has 3 N–H and O–H groups in total. The molecule has 5 rings (SSSR count). The molecule has 0 aromatic heterocycles. The lowest BCUT2D eigenvalue weighted by Crippen LogP contribution is -2.61. The van der Waals surface area contributed by atoms with E-state index in [2.05, 4.69) is 50.4 Å². The maximum atomic E-state index is 11.4. The minimum atomic E-state index is -0.614. The van der Waals surface area contributed by atoms with E-state index in [4.69, 9.17) is 0 Å². The van der Waals surface area contributed by atoms with Gasteiger partial charge < -0.3 is 15.5 Å². The van der Waals surface area contributed by atoms with Crippen LogP contribution < -0.4 is 5.32 Å². The van der Waals surface area contributed by atoms with Gasteiger partial charge in [-0.15, -0.1) is 0 Å². The Morgan fingerprint density at radius 3 is 2.47 bits per heavy atom. The van der Waals surface area contributed by atoms with Crippen LogP contribution in [0.25, 0.3) is 0 Å². The lowest BCUT2D eigenvalue weighted by molar-refractivity contribution is -0.172. The molecule has 1 aromatic rings. The molecule has 4 aliphatic carbocycles. The first-order valence-electron chi connectivity index (χ1n) is 12.3. The molecule has 1 aromatic carbocycles. The minimum absolute atomic E-state index is 0.127. The van der Waals surface area contributed by atoms with Gasteiger partial charge in [0.2, 0.25) is 0 Å². The van der Waals surface area contributed by atoms with Crippen LogP contribution in [0, 0.1) is 28.6 Å². The van der Waals surface area contributed by atoms with Crippen molar-refractivity contribution < 1.29 is 10.2 Å². The van der Waals surface area contributed by atoms with E-state index in [0.29, 0.717) is 17.4 Å². The average Bonchev–Trinajstić information content (AvgIpc) is 3.11. The molecule has 0 aliphatic heterocycles. The van der Waals surface area contributed by atoms with Crippen molar-refractivity contribution in [3.05, 3.63) is 41.5 Å². The van der Waals surface area contributed by atoms with Crippen LogP contribution in [0.15, 0.2) is 41.5 Å². The highest BCUT2D eigenvalue weighted by Gasteiger charge is 2.60. The number of rotatable bonds is 3. The van der Waals surface area contributed by atoms with Crippen molar-refractivity contribution in [3.63, 3.8) is 0 Å². The Morgan fingerprint density at radius 2 is 1.73 bits per heavy atom. The van der Waals surface area contributed by atoms with Crippen LogP contribution in [0.5, 0.6) is 0 Å². The van der Waals surface area contributed by atoms with Gasteiger partial charge >= 0.3 is 0 Å². The van der Waals surface area contributed by atoms with E-state index in [9.17, 15) is 10.2 Å². The predicted octanol–water partition coefficient (Wildman–Crippen LogP) is 5.54. The first-order chi connectivity index (χ1) is 14.4. The summed E-state index contributed by atoms with van der Waals surface area (Å²) in [4.78, 5) is 0. The Hall–Kier alpha value is -1.32. The molecule has 2 fully saturated rings. The van der Waals surface area contributed by atoms with Crippen molar-refractivity contribution in [2.75, 3.05) is 5.32 Å². The van der Waals surface area contributed by atoms with Gasteiger partial charge in [-0.1, -0.05) is 50.1 Å². The number of aliphatic hydroxyl groups is 2. The van der Waals surface area contributed by atoms with Crippen molar-refractivity contribution in [2.24, 2.45) is 28.6 Å². The van der Waals surface area contributed by atoms with Crippen LogP contribution in [-0.4, -0.2) is 28.5 Å². The van der Waals surface area contributed by atoms with Gasteiger partial charge in [-0.05, 0) is 86.2 Å². The van der Waals surface area contributed by atoms with Crippen LogP contribution in [0.1, 0.15) is 72.1 Å². The third-order valence-electron chi connectivity index (χ3n) is 9.92. The molecule has 8 unspecified atom stereocenters. The van der Waals surface area contributed by atoms with Gasteiger partial charge in [0.25, 0.3) is 0 Å². The van der Waals surface area contributed by atoms with E-state index >= 15 is 0 Å². The van der Waals surface area contributed by atoms with Gasteiger partial charge in [0.1, 0.15) is 0 Å². The normalized spacial score (nSPS) is 45.5. The van der Waals surface area contributed by atoms with Gasteiger partial charge in [0.05, 0.1) is 12.2 Å². The maximum absolute atomic E-state index is 11.4. The zero-order valence-electron chi connectivity index (χ0n) is 18.9. The van der Waals surface area contributed by atoms with Crippen LogP contribution in [0.3, 0.4) is 0 Å². The lowest BCUT2D eigenvalue weighted by Gasteiger charge is -2.60. The Bertz CT molecular complexity index is 819. The van der Waals surface area contributed by atoms with Crippen LogP contribution in [0.4, 0.5) is 5.69 Å². The molecule has 30 heavy (non-hydrogen) atoms. The summed E-state index contributed by atoms with van der Waals surface area (Å²) in [6.45, 7) is 7.17. The topological polar surface area (TPSA) is 52.5 Å². The highest BCUT2D eigenvalue weighted by molar-refractivity contribution is 5.43. The fourth-order valence-electron chi connectivity index (χ4n) is 7.93. The number of hydrogen-bond acceptors (Lipinski definition) is 3. The second kappa shape index (κ2) is 7.38. The Labute approximate surface area is 182 Å². The SMILES string of the molecule is CCC1(C)CCC2=C1CCC1C2C(O)C(O)C2CC(Nc3ccccc3)CCC21C. The Balaban J connectivity index is 1.42. The molecule has 164 valence electrons. The molecule has 4 aliphatic rings. The molecule has 3 heteroatoms. The maximum Gasteiger partial charge on any atom is 0.0870 e. The molecule has 2 saturated carbocycles. The fraction of sp³-hybridized carbons (Fsp3) is 0.704. The molecule has 0 amide bonds. The van der Waals surface area contributed by atoms with Crippen molar-refractivity contribution in [1.82, 2.24) is 0 Å². The summed E-state index contributed by atoms with van der Waals surface area (Å²) in [5.41, 5.74) is 4.78. The van der Waals surface area contributed by atoms with Crippen LogP contribution >= 0.6 is 0 Å². The first kappa shape index (κ1) is 20.6. The highest BCUT2D eigenvalue weighted by atomic mass is 16.3. The van der Waals surface area contributed by atoms with E-state index in [1.165, 1.54) is 31.3 Å². The van der Waals surface area contributed by atoms with Crippen molar-refractivity contribution in [2.45, 2.75) is 90.4 Å². The summed E-state index contributed by atoms with van der Waals surface area (Å²) in [5, 5.41) is 26.4. The molecule has 0 bridgehead atoms. The quantitative estimate of drug-likeness (QED) is 0.574. The third-order valence-corrected chi connectivity index (χ3v) is 9.92. The van der Waals surface area contributed by atoms with Gasteiger partial charge in [0, 0.05) is 17.6 Å². The zero-order valence-corrected chi connectivity index (χ0v) is 18.9. The number of hydrogen-bond donors (Lipinski definition) is 3. The lowest BCUT2D eigenvalue weighted by atomic mass is 9.47. The number of fused-ring (bicyclic) bond motifs is 4. The molecular weight excluding hydrogens is 370 g/mol. The molecule has 0 saturated heterocycles. The third kappa shape index (κ3) is 2.99. The number of benzene rings is 1. The van der Waals surface area contributed by atoms with Gasteiger partial charge in [-0.3, -0.25) is 0 Å². The smallest absolute Gasteiger partial charge is 0.0870 e. The Kier molecular flexibility index (Phi) is 5.06. The predicted molar refractivity (Wildman–Crippen MR) is 122 cm³/mol. The Morgan fingerprint density at radius 1 is 0.967 bits per heavy atom. The number of nitrogens with one attached hydrogen (secondary N) is 1.